The third kappa shape index (κ3) is 4.82. The normalized spacial score (nSPS) is 12.0. The van der Waals surface area contributed by atoms with Crippen LogP contribution in [0.4, 0.5) is 0 Å². The zero-order chi connectivity index (χ0) is 39.3. The first-order valence-electron chi connectivity index (χ1n) is 20.6. The minimum atomic E-state index is 0.860. The SMILES string of the molecule is c1ccc(-c2ccc3c(c2)cc(-c2ccccc2)c2oc4cccc5c4c(c4cccc6oc7c(-c8ccccc8)cc8cc(-c9ccccc9)ccc8c7c5c64)c23)cc1. The van der Waals surface area contributed by atoms with Crippen molar-refractivity contribution in [1.29, 1.82) is 0 Å². The van der Waals surface area contributed by atoms with Gasteiger partial charge < -0.3 is 8.83 Å². The molecule has 0 fully saturated rings. The summed E-state index contributed by atoms with van der Waals surface area (Å²) in [5.74, 6) is 0. The molecule has 0 spiro atoms. The summed E-state index contributed by atoms with van der Waals surface area (Å²) in [7, 11) is 0. The summed E-state index contributed by atoms with van der Waals surface area (Å²) in [4.78, 5) is 0. The summed E-state index contributed by atoms with van der Waals surface area (Å²) in [6, 6.07) is 74.1. The van der Waals surface area contributed by atoms with Gasteiger partial charge in [-0.1, -0.05) is 170 Å². The summed E-state index contributed by atoms with van der Waals surface area (Å²) < 4.78 is 14.5. The van der Waals surface area contributed by atoms with Crippen molar-refractivity contribution in [1.82, 2.24) is 0 Å². The van der Waals surface area contributed by atoms with E-state index < -0.39 is 0 Å². The van der Waals surface area contributed by atoms with Crippen molar-refractivity contribution in [2.24, 2.45) is 0 Å². The van der Waals surface area contributed by atoms with Gasteiger partial charge in [-0.05, 0) is 102 Å². The molecule has 2 heteroatoms. The molecule has 0 radical (unpaired) electrons. The van der Waals surface area contributed by atoms with Crippen LogP contribution in [0.3, 0.4) is 0 Å². The van der Waals surface area contributed by atoms with Crippen molar-refractivity contribution in [3.8, 4) is 44.5 Å². The predicted molar refractivity (Wildman–Crippen MR) is 253 cm³/mol. The van der Waals surface area contributed by atoms with E-state index in [1.807, 2.05) is 0 Å². The van der Waals surface area contributed by atoms with E-state index in [-0.39, 0.29) is 0 Å². The fraction of sp³-hybridized carbons (Fsp3) is 0. The molecule has 60 heavy (non-hydrogen) atoms. The van der Waals surface area contributed by atoms with Crippen molar-refractivity contribution in [2.45, 2.75) is 0 Å². The Morgan fingerprint density at radius 1 is 0.233 bits per heavy atom. The molecule has 2 aromatic heterocycles. The molecule has 0 amide bonds. The first-order chi connectivity index (χ1) is 29.8. The van der Waals surface area contributed by atoms with Crippen LogP contribution in [-0.4, -0.2) is 0 Å². The standard InChI is InChI=1S/C58H34O2/c1-5-15-35(16-6-1)39-27-29-43-41(31-39)33-47(37-19-9-3-10-20-37)57-55(43)53-45-23-13-26-50-52(45)54(46-24-14-25-49(59-57)51(46)53)56-44-30-28-40(36-17-7-2-8-18-36)32-42(44)34-48(58(56)60-50)38-21-11-4-12-22-38/h1-34H. The fourth-order valence-electron chi connectivity index (χ4n) is 9.94. The van der Waals surface area contributed by atoms with Crippen LogP contribution in [0.15, 0.2) is 215 Å². The average Bonchev–Trinajstić information content (AvgIpc) is 3.32. The molecule has 13 rings (SSSR count). The molecule has 0 saturated heterocycles. The Labute approximate surface area is 345 Å². The maximum absolute atomic E-state index is 7.26. The van der Waals surface area contributed by atoms with Gasteiger partial charge in [0.25, 0.3) is 0 Å². The van der Waals surface area contributed by atoms with Crippen molar-refractivity contribution in [3.05, 3.63) is 206 Å². The second kappa shape index (κ2) is 12.8. The quantitative estimate of drug-likeness (QED) is 0.132. The molecule has 278 valence electrons. The van der Waals surface area contributed by atoms with Gasteiger partial charge in [0, 0.05) is 43.4 Å². The van der Waals surface area contributed by atoms with Crippen LogP contribution < -0.4 is 0 Å². The first-order valence-corrected chi connectivity index (χ1v) is 20.6. The maximum atomic E-state index is 7.26. The molecule has 0 atom stereocenters. The third-order valence-corrected chi connectivity index (χ3v) is 12.6. The number of rotatable bonds is 4. The third-order valence-electron chi connectivity index (χ3n) is 12.6. The minimum Gasteiger partial charge on any atom is -0.455 e. The lowest BCUT2D eigenvalue weighted by molar-refractivity contribution is 0.662. The second-order valence-corrected chi connectivity index (χ2v) is 15.9. The van der Waals surface area contributed by atoms with Gasteiger partial charge in [0.1, 0.15) is 22.3 Å². The lowest BCUT2D eigenvalue weighted by Gasteiger charge is -2.21. The molecule has 0 saturated carbocycles. The Morgan fingerprint density at radius 2 is 0.617 bits per heavy atom. The molecule has 0 aliphatic carbocycles. The Morgan fingerprint density at radius 3 is 1.02 bits per heavy atom. The summed E-state index contributed by atoms with van der Waals surface area (Å²) in [6.07, 6.45) is 0. The number of hydrogen-bond acceptors (Lipinski definition) is 2. The largest absolute Gasteiger partial charge is 0.455 e. The monoisotopic (exact) mass is 762 g/mol. The topological polar surface area (TPSA) is 26.3 Å². The Kier molecular flexibility index (Phi) is 7.05. The van der Waals surface area contributed by atoms with Gasteiger partial charge >= 0.3 is 0 Å². The van der Waals surface area contributed by atoms with E-state index in [2.05, 4.69) is 206 Å². The van der Waals surface area contributed by atoms with Crippen molar-refractivity contribution >= 4 is 87.0 Å². The van der Waals surface area contributed by atoms with Gasteiger partial charge in [-0.25, -0.2) is 0 Å². The van der Waals surface area contributed by atoms with E-state index >= 15 is 0 Å². The minimum absolute atomic E-state index is 0.860. The molecule has 2 heterocycles. The van der Waals surface area contributed by atoms with Gasteiger partial charge in [-0.3, -0.25) is 0 Å². The Balaban J connectivity index is 1.24. The lowest BCUT2D eigenvalue weighted by Crippen LogP contribution is -1.94. The van der Waals surface area contributed by atoms with E-state index in [0.717, 1.165) is 87.7 Å². The highest BCUT2D eigenvalue weighted by atomic mass is 16.3. The highest BCUT2D eigenvalue weighted by molar-refractivity contribution is 6.44. The molecule has 0 unspecified atom stereocenters. The summed E-state index contributed by atoms with van der Waals surface area (Å²) in [5.41, 5.74) is 12.6. The molecule has 0 aliphatic rings. The van der Waals surface area contributed by atoms with Crippen molar-refractivity contribution < 1.29 is 8.83 Å². The molecule has 0 aliphatic heterocycles. The smallest absolute Gasteiger partial charge is 0.143 e. The summed E-state index contributed by atoms with van der Waals surface area (Å²) >= 11 is 0. The van der Waals surface area contributed by atoms with Crippen LogP contribution in [0.25, 0.3) is 131 Å². The Hall–Kier alpha value is -7.94. The highest BCUT2D eigenvalue weighted by Crippen LogP contribution is 2.51. The number of benzene rings is 11. The van der Waals surface area contributed by atoms with Crippen LogP contribution in [-0.2, 0) is 0 Å². The lowest BCUT2D eigenvalue weighted by atomic mass is 9.85. The highest BCUT2D eigenvalue weighted by Gasteiger charge is 2.25. The summed E-state index contributed by atoms with van der Waals surface area (Å²) in [5, 5.41) is 13.8. The number of hydrogen-bond donors (Lipinski definition) is 0. The van der Waals surface area contributed by atoms with Gasteiger partial charge in [-0.15, -0.1) is 0 Å². The Bertz CT molecular complexity index is 3580. The van der Waals surface area contributed by atoms with Gasteiger partial charge in [0.05, 0.1) is 0 Å². The summed E-state index contributed by atoms with van der Waals surface area (Å²) in [6.45, 7) is 0. The molecule has 11 aromatic carbocycles. The number of fused-ring (bicyclic) bond motifs is 10. The molecule has 0 N–H and O–H groups in total. The van der Waals surface area contributed by atoms with E-state index in [1.54, 1.807) is 0 Å². The van der Waals surface area contributed by atoms with Crippen LogP contribution in [0.5, 0.6) is 0 Å². The molecular weight excluding hydrogens is 729 g/mol. The van der Waals surface area contributed by atoms with E-state index in [0.29, 0.717) is 0 Å². The van der Waals surface area contributed by atoms with E-state index in [1.165, 1.54) is 43.8 Å². The molecule has 2 nitrogen and oxygen atoms in total. The van der Waals surface area contributed by atoms with E-state index in [4.69, 9.17) is 8.83 Å². The zero-order valence-electron chi connectivity index (χ0n) is 32.4. The van der Waals surface area contributed by atoms with Gasteiger partial charge in [0.15, 0.2) is 0 Å². The van der Waals surface area contributed by atoms with Crippen LogP contribution >= 0.6 is 0 Å². The fourth-order valence-corrected chi connectivity index (χ4v) is 9.94. The molecular formula is C58H34O2. The van der Waals surface area contributed by atoms with Crippen molar-refractivity contribution in [3.63, 3.8) is 0 Å². The zero-order valence-corrected chi connectivity index (χ0v) is 32.4. The van der Waals surface area contributed by atoms with E-state index in [9.17, 15) is 0 Å². The van der Waals surface area contributed by atoms with Gasteiger partial charge in [0.2, 0.25) is 0 Å². The van der Waals surface area contributed by atoms with Crippen LogP contribution in [0, 0.1) is 0 Å². The first kappa shape index (κ1) is 33.1. The van der Waals surface area contributed by atoms with Gasteiger partial charge in [-0.2, -0.15) is 0 Å². The average molecular weight is 763 g/mol. The second-order valence-electron chi connectivity index (χ2n) is 15.9. The molecule has 0 bridgehead atoms. The van der Waals surface area contributed by atoms with Crippen molar-refractivity contribution in [2.75, 3.05) is 0 Å². The van der Waals surface area contributed by atoms with Crippen LogP contribution in [0.2, 0.25) is 0 Å². The molecule has 13 aromatic rings. The predicted octanol–water partition coefficient (Wildman–Crippen LogP) is 16.8. The maximum Gasteiger partial charge on any atom is 0.143 e. The van der Waals surface area contributed by atoms with Crippen LogP contribution in [0.1, 0.15) is 0 Å².